The van der Waals surface area contributed by atoms with Crippen LogP contribution in [0.5, 0.6) is 0 Å². The maximum absolute atomic E-state index is 9.37. The quantitative estimate of drug-likeness (QED) is 0.860. The zero-order valence-corrected chi connectivity index (χ0v) is 13.3. The van der Waals surface area contributed by atoms with Crippen LogP contribution in [0.2, 0.25) is 5.15 Å². The van der Waals surface area contributed by atoms with Gasteiger partial charge < -0.3 is 5.11 Å². The average Bonchev–Trinajstić information content (AvgIpc) is 2.91. The Hall–Kier alpha value is -1.42. The van der Waals surface area contributed by atoms with Crippen LogP contribution in [-0.4, -0.2) is 34.7 Å². The van der Waals surface area contributed by atoms with Crippen LogP contribution in [0.25, 0.3) is 0 Å². The Morgan fingerprint density at radius 3 is 2.68 bits per heavy atom. The molecule has 1 aromatic heterocycles. The standard InChI is InChI=1S/C18H21ClN2O/c19-18-16(7-4-9-20-18)17-13-21(12-15(17)8-10-22)11-14-5-2-1-3-6-14/h1-7,9,15,17,22H,8,10-13H2. The highest BCUT2D eigenvalue weighted by molar-refractivity contribution is 6.30. The molecule has 1 fully saturated rings. The Labute approximate surface area is 136 Å². The number of nitrogens with zero attached hydrogens (tertiary/aromatic N) is 2. The number of aromatic nitrogens is 1. The van der Waals surface area contributed by atoms with Crippen molar-refractivity contribution in [1.29, 1.82) is 0 Å². The SMILES string of the molecule is OCCC1CN(Cc2ccccc2)CC1c1cccnc1Cl. The Bertz CT molecular complexity index is 605. The fourth-order valence-electron chi connectivity index (χ4n) is 3.42. The van der Waals surface area contributed by atoms with Crippen LogP contribution in [0.3, 0.4) is 0 Å². The van der Waals surface area contributed by atoms with Gasteiger partial charge in [0.05, 0.1) is 0 Å². The molecule has 116 valence electrons. The molecule has 22 heavy (non-hydrogen) atoms. The number of halogens is 1. The van der Waals surface area contributed by atoms with E-state index in [-0.39, 0.29) is 6.61 Å². The number of hydrogen-bond acceptors (Lipinski definition) is 3. The molecule has 3 rings (SSSR count). The van der Waals surface area contributed by atoms with Crippen LogP contribution in [-0.2, 0) is 6.54 Å². The summed E-state index contributed by atoms with van der Waals surface area (Å²) in [6.07, 6.45) is 2.53. The zero-order chi connectivity index (χ0) is 15.4. The van der Waals surface area contributed by atoms with Gasteiger partial charge in [0.1, 0.15) is 5.15 Å². The number of aliphatic hydroxyl groups excluding tert-OH is 1. The summed E-state index contributed by atoms with van der Waals surface area (Å²) in [5.41, 5.74) is 2.43. The van der Waals surface area contributed by atoms with E-state index in [2.05, 4.69) is 40.2 Å². The van der Waals surface area contributed by atoms with Gasteiger partial charge in [0.15, 0.2) is 0 Å². The van der Waals surface area contributed by atoms with E-state index in [9.17, 15) is 5.11 Å². The minimum absolute atomic E-state index is 0.220. The van der Waals surface area contributed by atoms with Gasteiger partial charge in [-0.2, -0.15) is 0 Å². The highest BCUT2D eigenvalue weighted by Crippen LogP contribution is 2.37. The molecular formula is C18H21ClN2O. The van der Waals surface area contributed by atoms with Gasteiger partial charge in [-0.1, -0.05) is 48.0 Å². The molecule has 0 amide bonds. The van der Waals surface area contributed by atoms with E-state index in [4.69, 9.17) is 11.6 Å². The second-order valence-corrected chi connectivity index (χ2v) is 6.30. The van der Waals surface area contributed by atoms with Gasteiger partial charge in [0.2, 0.25) is 0 Å². The molecule has 1 saturated heterocycles. The average molecular weight is 317 g/mol. The van der Waals surface area contributed by atoms with Gasteiger partial charge in [-0.25, -0.2) is 4.98 Å². The molecule has 1 aliphatic rings. The van der Waals surface area contributed by atoms with Crippen molar-refractivity contribution in [3.05, 3.63) is 64.9 Å². The molecule has 2 unspecified atom stereocenters. The van der Waals surface area contributed by atoms with Crippen molar-refractivity contribution >= 4 is 11.6 Å². The summed E-state index contributed by atoms with van der Waals surface area (Å²) in [5, 5.41) is 9.96. The fraction of sp³-hybridized carbons (Fsp3) is 0.389. The van der Waals surface area contributed by atoms with Gasteiger partial charge in [0.25, 0.3) is 0 Å². The maximum atomic E-state index is 9.37. The molecule has 0 bridgehead atoms. The van der Waals surface area contributed by atoms with Crippen LogP contribution in [0.4, 0.5) is 0 Å². The Morgan fingerprint density at radius 1 is 1.14 bits per heavy atom. The Balaban J connectivity index is 1.76. The van der Waals surface area contributed by atoms with Crippen molar-refractivity contribution in [1.82, 2.24) is 9.88 Å². The molecule has 2 aromatic rings. The van der Waals surface area contributed by atoms with Crippen molar-refractivity contribution in [2.24, 2.45) is 5.92 Å². The molecule has 1 aliphatic heterocycles. The molecule has 1 N–H and O–H groups in total. The summed E-state index contributed by atoms with van der Waals surface area (Å²) in [7, 11) is 0. The predicted octanol–water partition coefficient (Wildman–Crippen LogP) is 3.33. The number of hydrogen-bond donors (Lipinski definition) is 1. The Morgan fingerprint density at radius 2 is 1.95 bits per heavy atom. The van der Waals surface area contributed by atoms with Gasteiger partial charge in [-0.15, -0.1) is 0 Å². The lowest BCUT2D eigenvalue weighted by atomic mass is 9.88. The molecule has 2 heterocycles. The summed E-state index contributed by atoms with van der Waals surface area (Å²) in [6.45, 7) is 3.12. The first kappa shape index (κ1) is 15.5. The van der Waals surface area contributed by atoms with E-state index in [0.29, 0.717) is 17.0 Å². The summed E-state index contributed by atoms with van der Waals surface area (Å²) in [5.74, 6) is 0.771. The highest BCUT2D eigenvalue weighted by atomic mass is 35.5. The van der Waals surface area contributed by atoms with Crippen LogP contribution in [0.1, 0.15) is 23.5 Å². The Kier molecular flexibility index (Phi) is 5.08. The van der Waals surface area contributed by atoms with Crippen molar-refractivity contribution in [2.75, 3.05) is 19.7 Å². The second kappa shape index (κ2) is 7.23. The van der Waals surface area contributed by atoms with E-state index in [1.165, 1.54) is 5.56 Å². The minimum Gasteiger partial charge on any atom is -0.396 e. The third-order valence-electron chi connectivity index (χ3n) is 4.45. The third-order valence-corrected chi connectivity index (χ3v) is 4.77. The number of aliphatic hydroxyl groups is 1. The van der Waals surface area contributed by atoms with Gasteiger partial charge in [-0.05, 0) is 29.5 Å². The fourth-order valence-corrected chi connectivity index (χ4v) is 3.68. The van der Waals surface area contributed by atoms with Gasteiger partial charge >= 0.3 is 0 Å². The third kappa shape index (κ3) is 3.49. The van der Waals surface area contributed by atoms with Crippen molar-refractivity contribution in [3.8, 4) is 0 Å². The van der Waals surface area contributed by atoms with E-state index >= 15 is 0 Å². The molecule has 0 saturated carbocycles. The highest BCUT2D eigenvalue weighted by Gasteiger charge is 2.34. The van der Waals surface area contributed by atoms with E-state index in [1.54, 1.807) is 6.20 Å². The molecule has 2 atom stereocenters. The molecule has 0 radical (unpaired) electrons. The second-order valence-electron chi connectivity index (χ2n) is 5.94. The number of rotatable bonds is 5. The van der Waals surface area contributed by atoms with E-state index in [1.807, 2.05) is 12.1 Å². The summed E-state index contributed by atoms with van der Waals surface area (Å²) in [6, 6.07) is 14.5. The largest absolute Gasteiger partial charge is 0.396 e. The van der Waals surface area contributed by atoms with Gasteiger partial charge in [0, 0.05) is 38.4 Å². The smallest absolute Gasteiger partial charge is 0.132 e. The first-order chi connectivity index (χ1) is 10.8. The van der Waals surface area contributed by atoms with Crippen molar-refractivity contribution in [2.45, 2.75) is 18.9 Å². The first-order valence-corrected chi connectivity index (χ1v) is 8.13. The molecule has 0 aliphatic carbocycles. The lowest BCUT2D eigenvalue weighted by Crippen LogP contribution is -2.20. The number of likely N-dealkylation sites (tertiary alicyclic amines) is 1. The lowest BCUT2D eigenvalue weighted by Gasteiger charge is -2.18. The van der Waals surface area contributed by atoms with E-state index < -0.39 is 0 Å². The van der Waals surface area contributed by atoms with E-state index in [0.717, 1.165) is 31.6 Å². The summed E-state index contributed by atoms with van der Waals surface area (Å²) >= 11 is 6.29. The molecule has 0 spiro atoms. The van der Waals surface area contributed by atoms with Gasteiger partial charge in [-0.3, -0.25) is 4.90 Å². The van der Waals surface area contributed by atoms with Crippen LogP contribution in [0, 0.1) is 5.92 Å². The lowest BCUT2D eigenvalue weighted by molar-refractivity contribution is 0.246. The van der Waals surface area contributed by atoms with Crippen LogP contribution >= 0.6 is 11.6 Å². The number of pyridine rings is 1. The molecule has 4 heteroatoms. The summed E-state index contributed by atoms with van der Waals surface area (Å²) in [4.78, 5) is 6.66. The minimum atomic E-state index is 0.220. The topological polar surface area (TPSA) is 36.4 Å². The van der Waals surface area contributed by atoms with Crippen molar-refractivity contribution < 1.29 is 5.11 Å². The monoisotopic (exact) mass is 316 g/mol. The number of benzene rings is 1. The van der Waals surface area contributed by atoms with Crippen LogP contribution in [0.15, 0.2) is 48.7 Å². The molecule has 3 nitrogen and oxygen atoms in total. The molecular weight excluding hydrogens is 296 g/mol. The van der Waals surface area contributed by atoms with Crippen molar-refractivity contribution in [3.63, 3.8) is 0 Å². The van der Waals surface area contributed by atoms with Crippen LogP contribution < -0.4 is 0 Å². The predicted molar refractivity (Wildman–Crippen MR) is 88.9 cm³/mol. The first-order valence-electron chi connectivity index (χ1n) is 7.75. The summed E-state index contributed by atoms with van der Waals surface area (Å²) < 4.78 is 0. The maximum Gasteiger partial charge on any atom is 0.132 e. The normalized spacial score (nSPS) is 22.1. The zero-order valence-electron chi connectivity index (χ0n) is 12.5. The molecule has 1 aromatic carbocycles.